The van der Waals surface area contributed by atoms with E-state index >= 15 is 0 Å². The molecule has 3 heterocycles. The minimum Gasteiger partial charge on any atom is -0.445 e. The van der Waals surface area contributed by atoms with Gasteiger partial charge in [-0.15, -0.1) is 0 Å². The molecule has 3 aliphatic rings. The molecule has 9 N–H and O–H groups in total. The molecule has 0 radical (unpaired) electrons. The molecule has 2 aromatic rings. The molecule has 0 spiro atoms. The van der Waals surface area contributed by atoms with Gasteiger partial charge in [0.2, 0.25) is 47.3 Å². The number of likely N-dealkylation sites (N-methyl/N-ethyl adjacent to an activating group) is 2. The number of urea groups is 1. The fourth-order valence-corrected chi connectivity index (χ4v) is 13.0. The highest BCUT2D eigenvalue weighted by atomic mass is 16.6. The lowest BCUT2D eigenvalue weighted by atomic mass is 9.87. The van der Waals surface area contributed by atoms with E-state index in [1.165, 1.54) is 16.8 Å². The first-order valence-corrected chi connectivity index (χ1v) is 32.7. The number of carbonyl (C=O) groups is 10. The molecule has 5 rings (SSSR count). The van der Waals surface area contributed by atoms with Crippen molar-refractivity contribution in [3.63, 3.8) is 0 Å². The number of primary amides is 1. The molecule has 510 valence electrons. The van der Waals surface area contributed by atoms with Gasteiger partial charge in [0.25, 0.3) is 0 Å². The lowest BCUT2D eigenvalue weighted by molar-refractivity contribution is -0.143. The van der Waals surface area contributed by atoms with Gasteiger partial charge >= 0.3 is 12.1 Å². The van der Waals surface area contributed by atoms with Crippen LogP contribution in [0, 0.1) is 29.6 Å². The minimum absolute atomic E-state index is 0.0228. The first-order chi connectivity index (χ1) is 43.9. The van der Waals surface area contributed by atoms with Crippen LogP contribution in [-0.2, 0) is 59.2 Å². The third-order valence-electron chi connectivity index (χ3n) is 18.3. The number of nitrogens with one attached hydrogen (secondary N) is 6. The van der Waals surface area contributed by atoms with Crippen LogP contribution >= 0.6 is 0 Å². The second kappa shape index (κ2) is 37.2. The van der Waals surface area contributed by atoms with Crippen molar-refractivity contribution in [2.45, 2.75) is 187 Å². The van der Waals surface area contributed by atoms with E-state index in [2.05, 4.69) is 44.9 Å². The lowest BCUT2D eigenvalue weighted by Gasteiger charge is -2.37. The van der Waals surface area contributed by atoms with Crippen molar-refractivity contribution < 1.29 is 67.3 Å². The van der Waals surface area contributed by atoms with E-state index in [4.69, 9.17) is 19.9 Å². The summed E-state index contributed by atoms with van der Waals surface area (Å²) in [7, 11) is 6.54. The highest BCUT2D eigenvalue weighted by Gasteiger charge is 2.45. The van der Waals surface area contributed by atoms with Crippen LogP contribution in [0.5, 0.6) is 0 Å². The molecular formula is C67H103N11O14. The van der Waals surface area contributed by atoms with Crippen LogP contribution < -0.4 is 37.6 Å². The van der Waals surface area contributed by atoms with Crippen molar-refractivity contribution in [2.24, 2.45) is 35.3 Å². The van der Waals surface area contributed by atoms with Gasteiger partial charge < -0.3 is 66.8 Å². The quantitative estimate of drug-likeness (QED) is 0.0316. The molecule has 25 nitrogen and oxygen atoms in total. The number of nitrogens with zero attached hydrogens (tertiary/aromatic N) is 4. The zero-order chi connectivity index (χ0) is 67.8. The molecule has 11 atom stereocenters. The fourth-order valence-electron chi connectivity index (χ4n) is 13.0. The summed E-state index contributed by atoms with van der Waals surface area (Å²) in [5.41, 5.74) is 7.66. The molecule has 0 bridgehead atoms. The van der Waals surface area contributed by atoms with Gasteiger partial charge in [0.15, 0.2) is 0 Å². The number of methoxy groups -OCH3 is 2. The van der Waals surface area contributed by atoms with Crippen molar-refractivity contribution >= 4 is 65.1 Å². The number of likely N-dealkylation sites (tertiary alicyclic amines) is 2. The summed E-state index contributed by atoms with van der Waals surface area (Å²) in [6.45, 7) is 13.8. The third-order valence-corrected chi connectivity index (χ3v) is 18.3. The Morgan fingerprint density at radius 2 is 1.51 bits per heavy atom. The molecule has 3 aliphatic heterocycles. The number of imide groups is 1. The maximum absolute atomic E-state index is 14.3. The van der Waals surface area contributed by atoms with E-state index in [9.17, 15) is 53.1 Å². The van der Waals surface area contributed by atoms with Gasteiger partial charge in [0, 0.05) is 78.1 Å². The van der Waals surface area contributed by atoms with Gasteiger partial charge in [-0.05, 0) is 87.0 Å². The summed E-state index contributed by atoms with van der Waals surface area (Å²) < 4.78 is 17.7. The lowest BCUT2D eigenvalue weighted by Crippen LogP contribution is -2.53. The SMILES string of the molecule is CCC(CC)C1CC(=O)N(CCCCCC(=O)NCC(=O)N[C@@H](CCCNC(N)=O)C(=O)Nc2ccc(COC(=O)N(C)C(C(=O)NCC3=C[C@@H](CC)[C@@H]([C@@H](CC(=O)N4CCC[C@H]4[C@H](OC)[C@@H](C)C(=O)N[C@H](C)[C@@H](O)c4ccccc4)OC)N3C)C(C)C)cc2)C1=O. The summed E-state index contributed by atoms with van der Waals surface area (Å²) in [5, 5.41) is 27.4. The summed E-state index contributed by atoms with van der Waals surface area (Å²) in [6.07, 6.45) is 5.55. The molecule has 92 heavy (non-hydrogen) atoms. The Bertz CT molecular complexity index is 2820. The number of nitrogens with two attached hydrogens (primary N) is 1. The molecular weight excluding hydrogens is 1180 g/mol. The van der Waals surface area contributed by atoms with Crippen molar-refractivity contribution in [2.75, 3.05) is 66.4 Å². The number of ether oxygens (including phenoxy) is 3. The summed E-state index contributed by atoms with van der Waals surface area (Å²) in [6, 6.07) is 11.7. The number of hydrogen-bond acceptors (Lipinski definition) is 15. The minimum atomic E-state index is -1.06. The predicted octanol–water partition coefficient (Wildman–Crippen LogP) is 5.27. The van der Waals surface area contributed by atoms with Crippen LogP contribution in [-0.4, -0.2) is 188 Å². The van der Waals surface area contributed by atoms with Crippen molar-refractivity contribution in [3.8, 4) is 0 Å². The van der Waals surface area contributed by atoms with E-state index in [-0.39, 0.29) is 117 Å². The van der Waals surface area contributed by atoms with E-state index in [0.717, 1.165) is 31.4 Å². The standard InChI is InChI=1S/C67H103N11O14/c1-12-45(13-2)50-36-56(81)78(65(50)87)33-20-16-19-27-54(79)70-39-55(80)74-51(25-21-32-69-66(68)88)63(85)73-48-30-28-44(29-31-48)40-92-67(89)76(9)58(41(4)5)64(86)71-38-49-35-46(14-3)59(75(49)8)53(90-10)37-57(82)77-34-22-26-52(77)61(91-11)42(6)62(84)72-43(7)60(83)47-23-17-15-18-24-47/h15,17-18,23-24,28-31,35,41-43,45-46,50-53,58-61,83H,12-14,16,19-22,25-27,32-34,36-40H2,1-11H3,(H,70,79)(H,71,86)(H,72,84)(H,73,85)(H,74,80)(H3,68,69,88)/t42-,43-,46-,50?,51+,52+,53-,58?,59+,60-,61-/m1/s1. The topological polar surface area (TPSA) is 330 Å². The highest BCUT2D eigenvalue weighted by molar-refractivity contribution is 6.03. The smallest absolute Gasteiger partial charge is 0.410 e. The van der Waals surface area contributed by atoms with Crippen molar-refractivity contribution in [3.05, 3.63) is 77.5 Å². The molecule has 0 saturated carbocycles. The van der Waals surface area contributed by atoms with E-state index < -0.39 is 78.7 Å². The largest absolute Gasteiger partial charge is 0.445 e. The van der Waals surface area contributed by atoms with Crippen LogP contribution in [0.4, 0.5) is 15.3 Å². The van der Waals surface area contributed by atoms with Crippen LogP contribution in [0.2, 0.25) is 0 Å². The maximum atomic E-state index is 14.3. The molecule has 11 amide bonds. The predicted molar refractivity (Wildman–Crippen MR) is 346 cm³/mol. The maximum Gasteiger partial charge on any atom is 0.410 e. The van der Waals surface area contributed by atoms with Gasteiger partial charge in [-0.3, -0.25) is 48.2 Å². The van der Waals surface area contributed by atoms with Gasteiger partial charge in [-0.1, -0.05) is 109 Å². The number of aliphatic hydroxyl groups excluding tert-OH is 1. The Kier molecular flexibility index (Phi) is 30.3. The second-order valence-corrected chi connectivity index (χ2v) is 24.9. The summed E-state index contributed by atoms with van der Waals surface area (Å²) >= 11 is 0. The molecule has 0 aromatic heterocycles. The number of aliphatic hydroxyl groups is 1. The Morgan fingerprint density at radius 3 is 2.14 bits per heavy atom. The third kappa shape index (κ3) is 21.2. The monoisotopic (exact) mass is 1290 g/mol. The van der Waals surface area contributed by atoms with E-state index in [1.807, 2.05) is 57.8 Å². The Hall–Kier alpha value is -7.64. The number of anilines is 1. The van der Waals surface area contributed by atoms with Gasteiger partial charge in [0.05, 0.1) is 67.8 Å². The van der Waals surface area contributed by atoms with Crippen LogP contribution in [0.3, 0.4) is 0 Å². The van der Waals surface area contributed by atoms with Gasteiger partial charge in [-0.25, -0.2) is 9.59 Å². The number of rotatable bonds is 37. The van der Waals surface area contributed by atoms with Crippen LogP contribution in [0.1, 0.15) is 149 Å². The molecule has 2 unspecified atom stereocenters. The molecule has 0 aliphatic carbocycles. The number of benzene rings is 2. The Labute approximate surface area is 542 Å². The number of carbonyl (C=O) groups excluding carboxylic acids is 10. The zero-order valence-corrected chi connectivity index (χ0v) is 55.8. The second-order valence-electron chi connectivity index (χ2n) is 24.9. The molecule has 2 fully saturated rings. The van der Waals surface area contributed by atoms with E-state index in [0.29, 0.717) is 55.6 Å². The number of unbranched alkanes of at least 4 members (excludes halogenated alkanes) is 2. The number of amides is 11. The first-order valence-electron chi connectivity index (χ1n) is 32.7. The fraction of sp³-hybridized carbons (Fsp3) is 0.642. The van der Waals surface area contributed by atoms with Crippen LogP contribution in [0.25, 0.3) is 0 Å². The Morgan fingerprint density at radius 1 is 0.815 bits per heavy atom. The van der Waals surface area contributed by atoms with Gasteiger partial charge in [0.1, 0.15) is 18.7 Å². The molecule has 2 saturated heterocycles. The Balaban J connectivity index is 1.08. The average Bonchev–Trinajstić information content (AvgIpc) is 1.75. The highest BCUT2D eigenvalue weighted by Crippen LogP contribution is 2.35. The molecule has 25 heteroatoms. The normalized spacial score (nSPS) is 19.5. The zero-order valence-electron chi connectivity index (χ0n) is 55.8. The van der Waals surface area contributed by atoms with Crippen molar-refractivity contribution in [1.82, 2.24) is 46.2 Å². The van der Waals surface area contributed by atoms with Gasteiger partial charge in [-0.2, -0.15) is 0 Å². The molecule has 2 aromatic carbocycles. The number of hydrogen-bond donors (Lipinski definition) is 8. The van der Waals surface area contributed by atoms with Crippen molar-refractivity contribution in [1.29, 1.82) is 0 Å². The summed E-state index contributed by atoms with van der Waals surface area (Å²) in [4.78, 5) is 138. The van der Waals surface area contributed by atoms with E-state index in [1.54, 1.807) is 69.4 Å². The summed E-state index contributed by atoms with van der Waals surface area (Å²) in [5.74, 6) is -3.70. The first kappa shape index (κ1) is 75.1. The van der Waals surface area contributed by atoms with Crippen LogP contribution in [0.15, 0.2) is 66.4 Å². The average molecular weight is 1290 g/mol.